The Kier molecular flexibility index (Phi) is 4.68. The Morgan fingerprint density at radius 1 is 1.45 bits per heavy atom. The van der Waals surface area contributed by atoms with Gasteiger partial charge < -0.3 is 10.6 Å². The second-order valence-corrected chi connectivity index (χ2v) is 6.01. The van der Waals surface area contributed by atoms with Crippen molar-refractivity contribution in [3.8, 4) is 0 Å². The van der Waals surface area contributed by atoms with E-state index in [0.29, 0.717) is 13.1 Å². The number of nitrogens with two attached hydrogens (primary N) is 1. The van der Waals surface area contributed by atoms with E-state index in [1.807, 2.05) is 27.8 Å². The largest absolute Gasteiger partial charge is 0.369 e. The van der Waals surface area contributed by atoms with Gasteiger partial charge in [-0.25, -0.2) is 0 Å². The molecule has 1 aromatic rings. The molecule has 2 amide bonds. The molecule has 6 heteroatoms. The molecule has 0 aliphatic carbocycles. The summed E-state index contributed by atoms with van der Waals surface area (Å²) in [6, 6.07) is 0. The van der Waals surface area contributed by atoms with Crippen molar-refractivity contribution in [2.75, 3.05) is 13.1 Å². The Morgan fingerprint density at radius 3 is 2.64 bits per heavy atom. The lowest BCUT2D eigenvalue weighted by Gasteiger charge is -2.15. The van der Waals surface area contributed by atoms with Crippen LogP contribution in [0, 0.1) is 12.8 Å². The number of rotatable bonds is 4. The van der Waals surface area contributed by atoms with Crippen LogP contribution in [0.25, 0.3) is 0 Å². The maximum atomic E-state index is 12.3. The number of aryl methyl sites for hydroxylation is 1. The van der Waals surface area contributed by atoms with Gasteiger partial charge in [-0.15, -0.1) is 0 Å². The molecule has 1 aliphatic heterocycles. The highest BCUT2D eigenvalue weighted by atomic mass is 16.2. The average Bonchev–Trinajstić information content (AvgIpc) is 3.04. The minimum absolute atomic E-state index is 0.0466. The Balaban J connectivity index is 2.26. The summed E-state index contributed by atoms with van der Waals surface area (Å²) < 4.78 is 1.78. The van der Waals surface area contributed by atoms with Crippen molar-refractivity contribution in [2.24, 2.45) is 18.7 Å². The third-order valence-electron chi connectivity index (χ3n) is 4.60. The number of amides is 2. The zero-order valence-electron chi connectivity index (χ0n) is 13.7. The quantitative estimate of drug-likeness (QED) is 0.846. The zero-order chi connectivity index (χ0) is 16.4. The van der Waals surface area contributed by atoms with Crippen LogP contribution in [0.3, 0.4) is 0 Å². The van der Waals surface area contributed by atoms with Crippen LogP contribution in [0.5, 0.6) is 0 Å². The molecule has 2 N–H and O–H groups in total. The van der Waals surface area contributed by atoms with Gasteiger partial charge >= 0.3 is 0 Å². The molecule has 1 saturated heterocycles. The van der Waals surface area contributed by atoms with Crippen LogP contribution >= 0.6 is 0 Å². The maximum absolute atomic E-state index is 12.3. The maximum Gasteiger partial charge on any atom is 0.246 e. The van der Waals surface area contributed by atoms with Crippen LogP contribution in [0.1, 0.15) is 37.4 Å². The summed E-state index contributed by atoms with van der Waals surface area (Å²) >= 11 is 0. The SMILES string of the molecule is CC/C(C)=C/C(=O)N1C[C@H](C(N)=O)[C@@H](c2cnn(C)c2C)C1. The summed E-state index contributed by atoms with van der Waals surface area (Å²) in [6.07, 6.45) is 4.26. The first-order valence-corrected chi connectivity index (χ1v) is 7.59. The third-order valence-corrected chi connectivity index (χ3v) is 4.60. The monoisotopic (exact) mass is 304 g/mol. The number of carbonyl (C=O) groups excluding carboxylic acids is 2. The van der Waals surface area contributed by atoms with E-state index in [1.165, 1.54) is 0 Å². The minimum atomic E-state index is -0.361. The zero-order valence-corrected chi connectivity index (χ0v) is 13.7. The van der Waals surface area contributed by atoms with Crippen LogP contribution in [0.2, 0.25) is 0 Å². The van der Waals surface area contributed by atoms with Gasteiger partial charge in [0.1, 0.15) is 0 Å². The highest BCUT2D eigenvalue weighted by molar-refractivity contribution is 5.90. The first-order chi connectivity index (χ1) is 10.3. The van der Waals surface area contributed by atoms with Crippen molar-refractivity contribution in [2.45, 2.75) is 33.1 Å². The summed E-state index contributed by atoms with van der Waals surface area (Å²) in [7, 11) is 1.86. The van der Waals surface area contributed by atoms with E-state index in [2.05, 4.69) is 5.10 Å². The molecule has 120 valence electrons. The molecule has 2 heterocycles. The number of aromatic nitrogens is 2. The van der Waals surface area contributed by atoms with E-state index < -0.39 is 0 Å². The number of allylic oxidation sites excluding steroid dienone is 1. The molecule has 0 unspecified atom stereocenters. The van der Waals surface area contributed by atoms with E-state index >= 15 is 0 Å². The van der Waals surface area contributed by atoms with Gasteiger partial charge in [-0.2, -0.15) is 5.10 Å². The van der Waals surface area contributed by atoms with Gasteiger partial charge in [-0.3, -0.25) is 14.3 Å². The van der Waals surface area contributed by atoms with E-state index in [0.717, 1.165) is 23.3 Å². The number of carbonyl (C=O) groups is 2. The highest BCUT2D eigenvalue weighted by Gasteiger charge is 2.40. The van der Waals surface area contributed by atoms with E-state index in [4.69, 9.17) is 5.73 Å². The lowest BCUT2D eigenvalue weighted by molar-refractivity contribution is -0.125. The molecule has 0 aromatic carbocycles. The first-order valence-electron chi connectivity index (χ1n) is 7.59. The second-order valence-electron chi connectivity index (χ2n) is 6.01. The fourth-order valence-corrected chi connectivity index (χ4v) is 2.87. The standard InChI is InChI=1S/C16H24N4O2/c1-5-10(2)6-15(21)20-8-13(14(9-20)16(17)22)12-7-18-19(4)11(12)3/h6-7,13-14H,5,8-9H2,1-4H3,(H2,17,22)/b10-6+/t13-,14+/m1/s1. The molecule has 1 aromatic heterocycles. The van der Waals surface area contributed by atoms with E-state index in [-0.39, 0.29) is 23.7 Å². The summed E-state index contributed by atoms with van der Waals surface area (Å²) in [5.41, 5.74) is 8.59. The smallest absolute Gasteiger partial charge is 0.246 e. The normalized spacial score (nSPS) is 22.2. The van der Waals surface area contributed by atoms with Crippen LogP contribution < -0.4 is 5.73 Å². The van der Waals surface area contributed by atoms with Gasteiger partial charge in [0.25, 0.3) is 0 Å². The summed E-state index contributed by atoms with van der Waals surface area (Å²) in [4.78, 5) is 25.8. The number of hydrogen-bond donors (Lipinski definition) is 1. The predicted molar refractivity (Wildman–Crippen MR) is 84.0 cm³/mol. The number of nitrogens with zero attached hydrogens (tertiary/aromatic N) is 3. The number of hydrogen-bond acceptors (Lipinski definition) is 3. The third kappa shape index (κ3) is 3.05. The Labute approximate surface area is 131 Å². The molecule has 2 atom stereocenters. The lowest BCUT2D eigenvalue weighted by atomic mass is 9.89. The molecular weight excluding hydrogens is 280 g/mol. The fraction of sp³-hybridized carbons (Fsp3) is 0.562. The molecule has 0 bridgehead atoms. The van der Waals surface area contributed by atoms with Gasteiger partial charge in [-0.05, 0) is 25.8 Å². The topological polar surface area (TPSA) is 81.2 Å². The molecule has 0 saturated carbocycles. The average molecular weight is 304 g/mol. The molecule has 1 aliphatic rings. The molecule has 6 nitrogen and oxygen atoms in total. The van der Waals surface area contributed by atoms with Crippen molar-refractivity contribution < 1.29 is 9.59 Å². The summed E-state index contributed by atoms with van der Waals surface area (Å²) in [6.45, 7) is 6.79. The Hall–Kier alpha value is -2.11. The predicted octanol–water partition coefficient (Wildman–Crippen LogP) is 1.11. The fourth-order valence-electron chi connectivity index (χ4n) is 2.87. The van der Waals surface area contributed by atoms with Crippen molar-refractivity contribution in [3.05, 3.63) is 29.1 Å². The second kappa shape index (κ2) is 6.34. The van der Waals surface area contributed by atoms with Crippen LogP contribution in [0.4, 0.5) is 0 Å². The highest BCUT2D eigenvalue weighted by Crippen LogP contribution is 2.34. The molecule has 0 spiro atoms. The van der Waals surface area contributed by atoms with Gasteiger partial charge in [0.2, 0.25) is 11.8 Å². The number of likely N-dealkylation sites (tertiary alicyclic amines) is 1. The molecule has 22 heavy (non-hydrogen) atoms. The summed E-state index contributed by atoms with van der Waals surface area (Å²) in [5.74, 6) is -0.845. The van der Waals surface area contributed by atoms with Gasteiger partial charge in [0.15, 0.2) is 0 Å². The molecule has 2 rings (SSSR count). The van der Waals surface area contributed by atoms with Crippen LogP contribution in [0.15, 0.2) is 17.8 Å². The van der Waals surface area contributed by atoms with Crippen molar-refractivity contribution in [1.29, 1.82) is 0 Å². The van der Waals surface area contributed by atoms with E-state index in [1.54, 1.807) is 21.9 Å². The van der Waals surface area contributed by atoms with Gasteiger partial charge in [0.05, 0.1) is 12.1 Å². The van der Waals surface area contributed by atoms with Gasteiger partial charge in [-0.1, -0.05) is 12.5 Å². The van der Waals surface area contributed by atoms with Crippen molar-refractivity contribution in [3.63, 3.8) is 0 Å². The van der Waals surface area contributed by atoms with Crippen LogP contribution in [-0.2, 0) is 16.6 Å². The molecular formula is C16H24N4O2. The minimum Gasteiger partial charge on any atom is -0.369 e. The molecule has 1 fully saturated rings. The summed E-state index contributed by atoms with van der Waals surface area (Å²) in [5, 5.41) is 4.24. The van der Waals surface area contributed by atoms with E-state index in [9.17, 15) is 9.59 Å². The lowest BCUT2D eigenvalue weighted by Crippen LogP contribution is -2.31. The number of primary amides is 1. The Morgan fingerprint density at radius 2 is 2.14 bits per heavy atom. The van der Waals surface area contributed by atoms with Crippen LogP contribution in [-0.4, -0.2) is 39.6 Å². The Bertz CT molecular complexity index is 618. The first kappa shape index (κ1) is 16.3. The van der Waals surface area contributed by atoms with Crippen molar-refractivity contribution >= 4 is 11.8 Å². The molecule has 0 radical (unpaired) electrons. The van der Waals surface area contributed by atoms with Crippen molar-refractivity contribution in [1.82, 2.24) is 14.7 Å². The van der Waals surface area contributed by atoms with Gasteiger partial charge in [0, 0.05) is 37.8 Å².